The van der Waals surface area contributed by atoms with E-state index < -0.39 is 5.97 Å². The zero-order chi connectivity index (χ0) is 24.9. The Morgan fingerprint density at radius 1 is 0.829 bits per heavy atom. The Morgan fingerprint density at radius 3 is 2.03 bits per heavy atom. The van der Waals surface area contributed by atoms with E-state index in [-0.39, 0.29) is 5.91 Å². The van der Waals surface area contributed by atoms with Crippen molar-refractivity contribution in [3.8, 4) is 11.5 Å². The molecular formula is C29H31NO5. The Kier molecular flexibility index (Phi) is 9.93. The molecule has 0 atom stereocenters. The number of ether oxygens (including phenoxy) is 2. The van der Waals surface area contributed by atoms with Gasteiger partial charge in [-0.25, -0.2) is 4.79 Å². The van der Waals surface area contributed by atoms with Crippen LogP contribution < -0.4 is 9.47 Å². The Balaban J connectivity index is 1.32. The number of nitrogens with zero attached hydrogens (tertiary/aromatic N) is 1. The maximum atomic E-state index is 12.5. The van der Waals surface area contributed by atoms with Crippen molar-refractivity contribution in [3.63, 3.8) is 0 Å². The third-order valence-electron chi connectivity index (χ3n) is 5.41. The van der Waals surface area contributed by atoms with E-state index >= 15 is 0 Å². The van der Waals surface area contributed by atoms with Crippen molar-refractivity contribution in [2.75, 3.05) is 26.8 Å². The lowest BCUT2D eigenvalue weighted by Gasteiger charge is -2.17. The minimum absolute atomic E-state index is 0.0951. The molecule has 0 aliphatic rings. The third-order valence-corrected chi connectivity index (χ3v) is 5.41. The largest absolute Gasteiger partial charge is 0.493 e. The van der Waals surface area contributed by atoms with E-state index in [4.69, 9.17) is 14.6 Å². The van der Waals surface area contributed by atoms with Crippen LogP contribution in [0.2, 0.25) is 0 Å². The molecule has 6 nitrogen and oxygen atoms in total. The molecule has 3 aromatic carbocycles. The van der Waals surface area contributed by atoms with Crippen molar-refractivity contribution in [1.82, 2.24) is 4.90 Å². The van der Waals surface area contributed by atoms with Crippen LogP contribution in [0.15, 0.2) is 84.9 Å². The molecular weight excluding hydrogens is 442 g/mol. The first-order chi connectivity index (χ1) is 17.0. The smallest absolute Gasteiger partial charge is 0.328 e. The summed E-state index contributed by atoms with van der Waals surface area (Å²) < 4.78 is 11.5. The monoisotopic (exact) mass is 473 g/mol. The highest BCUT2D eigenvalue weighted by molar-refractivity contribution is 5.85. The van der Waals surface area contributed by atoms with E-state index in [1.54, 1.807) is 17.0 Å². The summed E-state index contributed by atoms with van der Waals surface area (Å²) in [5.41, 5.74) is 2.98. The number of carboxylic acid groups (broad SMARTS) is 1. The number of carbonyl (C=O) groups is 2. The Labute approximate surface area is 206 Å². The standard InChI is InChI=1S/C29H31NO5/c1-30(19-18-23-6-3-2-4-7-23)28(31)22-25-10-15-27(16-11-25)35-21-5-20-34-26-13-8-24(9-14-26)12-17-29(32)33/h2-4,6-17H,5,18-22H2,1H3,(H,32,33)/b17-12+. The lowest BCUT2D eigenvalue weighted by Crippen LogP contribution is -2.30. The quantitative estimate of drug-likeness (QED) is 0.283. The minimum Gasteiger partial charge on any atom is -0.493 e. The molecule has 0 unspecified atom stereocenters. The molecule has 0 aromatic heterocycles. The molecule has 35 heavy (non-hydrogen) atoms. The van der Waals surface area contributed by atoms with Crippen molar-refractivity contribution >= 4 is 18.0 Å². The second-order valence-corrected chi connectivity index (χ2v) is 8.16. The van der Waals surface area contributed by atoms with Gasteiger partial charge in [-0.05, 0) is 53.5 Å². The molecule has 3 rings (SSSR count). The van der Waals surface area contributed by atoms with Crippen LogP contribution in [0.4, 0.5) is 0 Å². The van der Waals surface area contributed by atoms with Gasteiger partial charge in [0.25, 0.3) is 0 Å². The first kappa shape index (κ1) is 25.6. The predicted molar refractivity (Wildman–Crippen MR) is 137 cm³/mol. The van der Waals surface area contributed by atoms with E-state index in [0.717, 1.165) is 35.1 Å². The number of carboxylic acids is 1. The second kappa shape index (κ2) is 13.6. The van der Waals surface area contributed by atoms with Gasteiger partial charge in [-0.15, -0.1) is 0 Å². The lowest BCUT2D eigenvalue weighted by atomic mass is 10.1. The number of benzene rings is 3. The molecule has 3 aromatic rings. The minimum atomic E-state index is -0.976. The molecule has 0 aliphatic carbocycles. The van der Waals surface area contributed by atoms with Gasteiger partial charge in [0.15, 0.2) is 0 Å². The molecule has 0 fully saturated rings. The Morgan fingerprint density at radius 2 is 1.43 bits per heavy atom. The molecule has 1 amide bonds. The summed E-state index contributed by atoms with van der Waals surface area (Å²) in [6.45, 7) is 1.71. The highest BCUT2D eigenvalue weighted by atomic mass is 16.5. The van der Waals surface area contributed by atoms with E-state index in [2.05, 4.69) is 12.1 Å². The maximum Gasteiger partial charge on any atom is 0.328 e. The molecule has 0 spiro atoms. The van der Waals surface area contributed by atoms with Crippen LogP contribution >= 0.6 is 0 Å². The summed E-state index contributed by atoms with van der Waals surface area (Å²) in [5, 5.41) is 8.66. The molecule has 1 N–H and O–H groups in total. The first-order valence-corrected chi connectivity index (χ1v) is 11.6. The topological polar surface area (TPSA) is 76.1 Å². The van der Waals surface area contributed by atoms with Crippen LogP contribution in [0.5, 0.6) is 11.5 Å². The summed E-state index contributed by atoms with van der Waals surface area (Å²) >= 11 is 0. The fraction of sp³-hybridized carbons (Fsp3) is 0.241. The van der Waals surface area contributed by atoms with Crippen molar-refractivity contribution in [1.29, 1.82) is 0 Å². The van der Waals surface area contributed by atoms with Crippen molar-refractivity contribution in [2.24, 2.45) is 0 Å². The van der Waals surface area contributed by atoms with Crippen LogP contribution in [-0.4, -0.2) is 48.7 Å². The zero-order valence-electron chi connectivity index (χ0n) is 19.9. The van der Waals surface area contributed by atoms with E-state index in [9.17, 15) is 9.59 Å². The maximum absolute atomic E-state index is 12.5. The normalized spacial score (nSPS) is 10.8. The molecule has 0 bridgehead atoms. The van der Waals surface area contributed by atoms with Crippen LogP contribution in [0.1, 0.15) is 23.1 Å². The summed E-state index contributed by atoms with van der Waals surface area (Å²) in [6.07, 6.45) is 4.56. The summed E-state index contributed by atoms with van der Waals surface area (Å²) in [4.78, 5) is 24.8. The first-order valence-electron chi connectivity index (χ1n) is 11.6. The van der Waals surface area contributed by atoms with Crippen LogP contribution in [0, 0.1) is 0 Å². The molecule has 0 heterocycles. The number of amides is 1. The number of rotatable bonds is 13. The number of aliphatic carboxylic acids is 1. The lowest BCUT2D eigenvalue weighted by molar-refractivity contribution is -0.131. The Hall–Kier alpha value is -4.06. The average Bonchev–Trinajstić information content (AvgIpc) is 2.88. The van der Waals surface area contributed by atoms with Crippen LogP contribution in [0.25, 0.3) is 6.08 Å². The molecule has 0 radical (unpaired) electrons. The summed E-state index contributed by atoms with van der Waals surface area (Å²) in [7, 11) is 1.84. The highest BCUT2D eigenvalue weighted by Crippen LogP contribution is 2.15. The number of hydrogen-bond donors (Lipinski definition) is 1. The molecule has 0 saturated carbocycles. The zero-order valence-corrected chi connectivity index (χ0v) is 19.9. The molecule has 0 saturated heterocycles. The fourth-order valence-corrected chi connectivity index (χ4v) is 3.36. The van der Waals surface area contributed by atoms with Crippen molar-refractivity contribution in [3.05, 3.63) is 102 Å². The summed E-state index contributed by atoms with van der Waals surface area (Å²) in [6, 6.07) is 25.0. The van der Waals surface area contributed by atoms with Gasteiger partial charge in [0.2, 0.25) is 5.91 Å². The number of likely N-dealkylation sites (N-methyl/N-ethyl adjacent to an activating group) is 1. The highest BCUT2D eigenvalue weighted by Gasteiger charge is 2.10. The number of carbonyl (C=O) groups excluding carboxylic acids is 1. The Bertz CT molecular complexity index is 1090. The third kappa shape index (κ3) is 9.37. The van der Waals surface area contributed by atoms with Crippen molar-refractivity contribution in [2.45, 2.75) is 19.3 Å². The van der Waals surface area contributed by atoms with Crippen LogP contribution in [-0.2, 0) is 22.4 Å². The number of hydrogen-bond acceptors (Lipinski definition) is 4. The predicted octanol–water partition coefficient (Wildman–Crippen LogP) is 4.88. The second-order valence-electron chi connectivity index (χ2n) is 8.16. The van der Waals surface area contributed by atoms with Gasteiger partial charge in [0, 0.05) is 26.1 Å². The van der Waals surface area contributed by atoms with Gasteiger partial charge in [0.1, 0.15) is 11.5 Å². The molecule has 0 aliphatic heterocycles. The van der Waals surface area contributed by atoms with E-state index in [1.807, 2.05) is 61.6 Å². The van der Waals surface area contributed by atoms with Gasteiger partial charge in [-0.2, -0.15) is 0 Å². The van der Waals surface area contributed by atoms with Crippen molar-refractivity contribution < 1.29 is 24.2 Å². The SMILES string of the molecule is CN(CCc1ccccc1)C(=O)Cc1ccc(OCCCOc2ccc(/C=C/C(=O)O)cc2)cc1. The van der Waals surface area contributed by atoms with E-state index in [0.29, 0.717) is 32.6 Å². The van der Waals surface area contributed by atoms with Gasteiger partial charge >= 0.3 is 5.97 Å². The van der Waals surface area contributed by atoms with Gasteiger partial charge in [-0.3, -0.25) is 4.79 Å². The molecule has 6 heteroatoms. The van der Waals surface area contributed by atoms with Gasteiger partial charge in [-0.1, -0.05) is 54.6 Å². The average molecular weight is 474 g/mol. The van der Waals surface area contributed by atoms with E-state index in [1.165, 1.54) is 11.6 Å². The summed E-state index contributed by atoms with van der Waals surface area (Å²) in [5.74, 6) is 0.599. The fourth-order valence-electron chi connectivity index (χ4n) is 3.36. The van der Waals surface area contributed by atoms with Gasteiger partial charge in [0.05, 0.1) is 19.6 Å². The van der Waals surface area contributed by atoms with Crippen LogP contribution in [0.3, 0.4) is 0 Å². The molecule has 182 valence electrons. The van der Waals surface area contributed by atoms with Gasteiger partial charge < -0.3 is 19.5 Å².